The molecule has 2 heterocycles. The minimum atomic E-state index is -0.327. The number of nitriles is 1. The van der Waals surface area contributed by atoms with Gasteiger partial charge in [-0.05, 0) is 63.4 Å². The number of carbonyl (C=O) groups excluding carboxylic acids is 1. The summed E-state index contributed by atoms with van der Waals surface area (Å²) in [5.41, 5.74) is 1.47. The Morgan fingerprint density at radius 1 is 1.30 bits per heavy atom. The Kier molecular flexibility index (Phi) is 4.65. The summed E-state index contributed by atoms with van der Waals surface area (Å²) in [5.74, 6) is 0.146. The van der Waals surface area contributed by atoms with Crippen molar-refractivity contribution in [3.8, 4) is 6.07 Å². The summed E-state index contributed by atoms with van der Waals surface area (Å²) in [4.78, 5) is 16.9. The molecular formula is C18H23N3O2. The maximum absolute atomic E-state index is 12.8. The zero-order chi connectivity index (χ0) is 16.4. The molecule has 1 N–H and O–H groups in total. The van der Waals surface area contributed by atoms with Crippen molar-refractivity contribution >= 4 is 11.6 Å². The number of anilines is 1. The van der Waals surface area contributed by atoms with Gasteiger partial charge in [0, 0.05) is 18.3 Å². The van der Waals surface area contributed by atoms with Gasteiger partial charge in [-0.3, -0.25) is 9.69 Å². The average molecular weight is 313 g/mol. The molecule has 2 fully saturated rings. The highest BCUT2D eigenvalue weighted by atomic mass is 16.3. The van der Waals surface area contributed by atoms with Gasteiger partial charge in [-0.1, -0.05) is 0 Å². The van der Waals surface area contributed by atoms with Crippen molar-refractivity contribution in [2.45, 2.75) is 50.8 Å². The SMILES string of the molecule is CC(O)CC1CCCN1C1CCN(c2ccc(C#N)cc2)C1=O. The van der Waals surface area contributed by atoms with Crippen LogP contribution in [0.4, 0.5) is 5.69 Å². The molecule has 0 bridgehead atoms. The van der Waals surface area contributed by atoms with Gasteiger partial charge in [0.15, 0.2) is 0 Å². The fourth-order valence-electron chi connectivity index (χ4n) is 3.86. The van der Waals surface area contributed by atoms with E-state index in [0.717, 1.165) is 37.9 Å². The number of hydrogen-bond donors (Lipinski definition) is 1. The zero-order valence-electron chi connectivity index (χ0n) is 13.5. The molecule has 1 amide bonds. The van der Waals surface area contributed by atoms with E-state index in [4.69, 9.17) is 5.26 Å². The minimum Gasteiger partial charge on any atom is -0.393 e. The molecule has 3 unspecified atom stereocenters. The van der Waals surface area contributed by atoms with Crippen LogP contribution in [0.25, 0.3) is 0 Å². The molecule has 1 aromatic rings. The van der Waals surface area contributed by atoms with Crippen molar-refractivity contribution in [2.75, 3.05) is 18.0 Å². The predicted octanol–water partition coefficient (Wildman–Crippen LogP) is 1.90. The lowest BCUT2D eigenvalue weighted by atomic mass is 10.1. The molecule has 2 aliphatic rings. The van der Waals surface area contributed by atoms with Gasteiger partial charge in [-0.2, -0.15) is 5.26 Å². The molecule has 2 saturated heterocycles. The lowest BCUT2D eigenvalue weighted by molar-refractivity contribution is -0.122. The standard InChI is InChI=1S/C18H23N3O2/c1-13(22)11-16-3-2-9-20(16)17-8-10-21(18(17)23)15-6-4-14(12-19)5-7-15/h4-7,13,16-17,22H,2-3,8-11H2,1H3. The normalized spacial score (nSPS) is 26.5. The van der Waals surface area contributed by atoms with E-state index in [1.807, 2.05) is 24.0 Å². The Labute approximate surface area is 137 Å². The van der Waals surface area contributed by atoms with E-state index in [2.05, 4.69) is 11.0 Å². The van der Waals surface area contributed by atoms with Crippen molar-refractivity contribution in [1.29, 1.82) is 5.26 Å². The molecule has 3 rings (SSSR count). The van der Waals surface area contributed by atoms with Crippen molar-refractivity contribution in [2.24, 2.45) is 0 Å². The third-order valence-corrected chi connectivity index (χ3v) is 4.92. The molecule has 0 radical (unpaired) electrons. The van der Waals surface area contributed by atoms with Gasteiger partial charge in [-0.25, -0.2) is 0 Å². The summed E-state index contributed by atoms with van der Waals surface area (Å²) < 4.78 is 0. The minimum absolute atomic E-state index is 0.0723. The first-order valence-corrected chi connectivity index (χ1v) is 8.35. The van der Waals surface area contributed by atoms with Gasteiger partial charge in [0.05, 0.1) is 23.8 Å². The number of rotatable bonds is 4. The number of likely N-dealkylation sites (tertiary alicyclic amines) is 1. The average Bonchev–Trinajstić information content (AvgIpc) is 3.13. The van der Waals surface area contributed by atoms with Crippen LogP contribution in [0.15, 0.2) is 24.3 Å². The lowest BCUT2D eigenvalue weighted by Gasteiger charge is -2.30. The van der Waals surface area contributed by atoms with Crippen LogP contribution in [-0.4, -0.2) is 47.2 Å². The third-order valence-electron chi connectivity index (χ3n) is 4.92. The molecular weight excluding hydrogens is 290 g/mol. The van der Waals surface area contributed by atoms with Crippen molar-refractivity contribution in [3.05, 3.63) is 29.8 Å². The first-order valence-electron chi connectivity index (χ1n) is 8.35. The van der Waals surface area contributed by atoms with E-state index in [-0.39, 0.29) is 18.1 Å². The Morgan fingerprint density at radius 3 is 2.70 bits per heavy atom. The van der Waals surface area contributed by atoms with Gasteiger partial charge in [0.25, 0.3) is 0 Å². The second kappa shape index (κ2) is 6.69. The Balaban J connectivity index is 1.72. The van der Waals surface area contributed by atoms with Gasteiger partial charge in [-0.15, -0.1) is 0 Å². The van der Waals surface area contributed by atoms with E-state index >= 15 is 0 Å². The summed E-state index contributed by atoms with van der Waals surface area (Å²) >= 11 is 0. The predicted molar refractivity (Wildman–Crippen MR) is 87.9 cm³/mol. The van der Waals surface area contributed by atoms with E-state index < -0.39 is 0 Å². The quantitative estimate of drug-likeness (QED) is 0.922. The summed E-state index contributed by atoms with van der Waals surface area (Å²) in [7, 11) is 0. The zero-order valence-corrected chi connectivity index (χ0v) is 13.5. The maximum atomic E-state index is 12.8. The fourth-order valence-corrected chi connectivity index (χ4v) is 3.86. The number of aliphatic hydroxyl groups is 1. The monoisotopic (exact) mass is 313 g/mol. The van der Waals surface area contributed by atoms with Crippen molar-refractivity contribution in [3.63, 3.8) is 0 Å². The fraction of sp³-hybridized carbons (Fsp3) is 0.556. The van der Waals surface area contributed by atoms with Crippen LogP contribution in [0.5, 0.6) is 0 Å². The molecule has 0 saturated carbocycles. The van der Waals surface area contributed by atoms with E-state index in [0.29, 0.717) is 18.2 Å². The third kappa shape index (κ3) is 3.24. The molecule has 5 nitrogen and oxygen atoms in total. The molecule has 0 spiro atoms. The molecule has 0 aliphatic carbocycles. The van der Waals surface area contributed by atoms with Crippen LogP contribution in [0.3, 0.4) is 0 Å². The lowest BCUT2D eigenvalue weighted by Crippen LogP contribution is -2.45. The molecule has 1 aromatic carbocycles. The Morgan fingerprint density at radius 2 is 2.04 bits per heavy atom. The number of nitrogens with zero attached hydrogens (tertiary/aromatic N) is 3. The van der Waals surface area contributed by atoms with Crippen LogP contribution in [-0.2, 0) is 4.79 Å². The number of benzene rings is 1. The Hall–Kier alpha value is -1.90. The van der Waals surface area contributed by atoms with Crippen LogP contribution >= 0.6 is 0 Å². The van der Waals surface area contributed by atoms with Crippen molar-refractivity contribution in [1.82, 2.24) is 4.90 Å². The van der Waals surface area contributed by atoms with Crippen LogP contribution in [0, 0.1) is 11.3 Å². The number of amides is 1. The number of hydrogen-bond acceptors (Lipinski definition) is 4. The molecule has 23 heavy (non-hydrogen) atoms. The molecule has 3 atom stereocenters. The molecule has 5 heteroatoms. The van der Waals surface area contributed by atoms with E-state index in [9.17, 15) is 9.90 Å². The summed E-state index contributed by atoms with van der Waals surface area (Å²) in [6.45, 7) is 3.47. The van der Waals surface area contributed by atoms with Gasteiger partial charge >= 0.3 is 0 Å². The van der Waals surface area contributed by atoms with E-state index in [1.165, 1.54) is 0 Å². The van der Waals surface area contributed by atoms with Gasteiger partial charge in [0.2, 0.25) is 5.91 Å². The largest absolute Gasteiger partial charge is 0.393 e. The van der Waals surface area contributed by atoms with Crippen LogP contribution in [0.1, 0.15) is 38.2 Å². The second-order valence-corrected chi connectivity index (χ2v) is 6.57. The second-order valence-electron chi connectivity index (χ2n) is 6.57. The smallest absolute Gasteiger partial charge is 0.244 e. The van der Waals surface area contributed by atoms with Crippen molar-refractivity contribution < 1.29 is 9.90 Å². The van der Waals surface area contributed by atoms with E-state index in [1.54, 1.807) is 12.1 Å². The molecule has 122 valence electrons. The highest BCUT2D eigenvalue weighted by Crippen LogP contribution is 2.31. The molecule has 0 aromatic heterocycles. The van der Waals surface area contributed by atoms with Gasteiger partial charge < -0.3 is 10.0 Å². The summed E-state index contributed by atoms with van der Waals surface area (Å²) in [6.07, 6.45) is 3.39. The van der Waals surface area contributed by atoms with Gasteiger partial charge in [0.1, 0.15) is 0 Å². The summed E-state index contributed by atoms with van der Waals surface area (Å²) in [5, 5.41) is 18.5. The van der Waals surface area contributed by atoms with Crippen LogP contribution in [0.2, 0.25) is 0 Å². The summed E-state index contributed by atoms with van der Waals surface area (Å²) in [6, 6.07) is 9.53. The van der Waals surface area contributed by atoms with Crippen LogP contribution < -0.4 is 4.90 Å². The first kappa shape index (κ1) is 16.0. The maximum Gasteiger partial charge on any atom is 0.244 e. The highest BCUT2D eigenvalue weighted by molar-refractivity contribution is 5.99. The Bertz CT molecular complexity index is 606. The number of aliphatic hydroxyl groups excluding tert-OH is 1. The highest BCUT2D eigenvalue weighted by Gasteiger charge is 2.41. The number of carbonyl (C=O) groups is 1. The first-order chi connectivity index (χ1) is 11.1. The topological polar surface area (TPSA) is 67.6 Å². The molecule has 2 aliphatic heterocycles.